The van der Waals surface area contributed by atoms with E-state index in [1.807, 2.05) is 44.4 Å². The molecule has 1 aromatic carbocycles. The van der Waals surface area contributed by atoms with Gasteiger partial charge in [0.2, 0.25) is 5.88 Å². The number of carbonyl (C=O) groups is 2. The zero-order valence-electron chi connectivity index (χ0n) is 14.9. The molecule has 0 aliphatic heterocycles. The number of carboxylic acid groups (broad SMARTS) is 1. The molecule has 6 nitrogen and oxygen atoms in total. The molecule has 0 radical (unpaired) electrons. The maximum Gasteiger partial charge on any atom is 0.305 e. The van der Waals surface area contributed by atoms with Gasteiger partial charge in [-0.3, -0.25) is 9.59 Å². The highest BCUT2D eigenvalue weighted by Gasteiger charge is 2.20. The van der Waals surface area contributed by atoms with E-state index in [-0.39, 0.29) is 18.2 Å². The Labute approximate surface area is 157 Å². The summed E-state index contributed by atoms with van der Waals surface area (Å²) in [4.78, 5) is 29.0. The van der Waals surface area contributed by atoms with Crippen molar-refractivity contribution in [2.75, 3.05) is 6.26 Å². The van der Waals surface area contributed by atoms with Gasteiger partial charge in [-0.25, -0.2) is 4.98 Å². The van der Waals surface area contributed by atoms with Crippen LogP contribution in [0.15, 0.2) is 47.4 Å². The Hall–Kier alpha value is -2.54. The summed E-state index contributed by atoms with van der Waals surface area (Å²) < 4.78 is 5.50. The summed E-state index contributed by atoms with van der Waals surface area (Å²) in [7, 11) is 0. The van der Waals surface area contributed by atoms with Crippen LogP contribution in [0.3, 0.4) is 0 Å². The van der Waals surface area contributed by atoms with Crippen LogP contribution in [0.1, 0.15) is 42.4 Å². The second-order valence-corrected chi connectivity index (χ2v) is 6.80. The third-order valence-corrected chi connectivity index (χ3v) is 4.26. The molecule has 0 saturated heterocycles. The van der Waals surface area contributed by atoms with Crippen molar-refractivity contribution in [2.45, 2.75) is 37.3 Å². The highest BCUT2D eigenvalue weighted by molar-refractivity contribution is 7.98. The molecule has 2 rings (SSSR count). The molecule has 0 bridgehead atoms. The van der Waals surface area contributed by atoms with Crippen molar-refractivity contribution in [2.24, 2.45) is 0 Å². The quantitative estimate of drug-likeness (QED) is 0.687. The number of benzene rings is 1. The van der Waals surface area contributed by atoms with E-state index in [0.717, 1.165) is 10.5 Å². The number of aromatic nitrogens is 1. The molecule has 138 valence electrons. The lowest BCUT2D eigenvalue weighted by molar-refractivity contribution is -0.137. The SMILES string of the molecule is CSc1ccc(C(CC(=O)O)NC(=O)c2cccc(OC(C)C)n2)cc1. The molecule has 26 heavy (non-hydrogen) atoms. The average molecular weight is 374 g/mol. The lowest BCUT2D eigenvalue weighted by atomic mass is 10.0. The number of carbonyl (C=O) groups excluding carboxylic acids is 1. The highest BCUT2D eigenvalue weighted by atomic mass is 32.2. The number of pyridine rings is 1. The molecule has 1 aromatic heterocycles. The van der Waals surface area contributed by atoms with Crippen LogP contribution in [0.4, 0.5) is 0 Å². The van der Waals surface area contributed by atoms with Crippen LogP contribution < -0.4 is 10.1 Å². The minimum Gasteiger partial charge on any atom is -0.481 e. The van der Waals surface area contributed by atoms with Gasteiger partial charge >= 0.3 is 5.97 Å². The van der Waals surface area contributed by atoms with Crippen molar-refractivity contribution in [3.63, 3.8) is 0 Å². The fourth-order valence-corrected chi connectivity index (χ4v) is 2.75. The van der Waals surface area contributed by atoms with Gasteiger partial charge in [-0.2, -0.15) is 0 Å². The average Bonchev–Trinajstić information content (AvgIpc) is 2.60. The first-order chi connectivity index (χ1) is 12.4. The number of thioether (sulfide) groups is 1. The van der Waals surface area contributed by atoms with E-state index in [2.05, 4.69) is 10.3 Å². The predicted octanol–water partition coefficient (Wildman–Crippen LogP) is 3.54. The normalized spacial score (nSPS) is 11.8. The summed E-state index contributed by atoms with van der Waals surface area (Å²) in [6, 6.07) is 11.7. The summed E-state index contributed by atoms with van der Waals surface area (Å²) in [6.45, 7) is 3.74. The van der Waals surface area contributed by atoms with Crippen molar-refractivity contribution in [3.05, 3.63) is 53.7 Å². The van der Waals surface area contributed by atoms with Crippen LogP contribution in [0.25, 0.3) is 0 Å². The van der Waals surface area contributed by atoms with Gasteiger partial charge in [-0.15, -0.1) is 11.8 Å². The van der Waals surface area contributed by atoms with Crippen molar-refractivity contribution in [1.29, 1.82) is 0 Å². The maximum atomic E-state index is 12.5. The van der Waals surface area contributed by atoms with E-state index >= 15 is 0 Å². The Morgan fingerprint density at radius 2 is 1.88 bits per heavy atom. The molecular formula is C19H22N2O4S. The lowest BCUT2D eigenvalue weighted by Gasteiger charge is -2.18. The first-order valence-corrected chi connectivity index (χ1v) is 9.42. The standard InChI is InChI=1S/C19H22N2O4S/c1-12(2)25-17-6-4-5-15(20-17)19(24)21-16(11-18(22)23)13-7-9-14(26-3)10-8-13/h4-10,12,16H,11H2,1-3H3,(H,21,24)(H,22,23). The minimum absolute atomic E-state index is 0.0597. The number of hydrogen-bond donors (Lipinski definition) is 2. The fourth-order valence-electron chi connectivity index (χ4n) is 2.34. The molecule has 1 amide bonds. The van der Waals surface area contributed by atoms with E-state index in [9.17, 15) is 14.7 Å². The largest absolute Gasteiger partial charge is 0.481 e. The van der Waals surface area contributed by atoms with Gasteiger partial charge in [-0.1, -0.05) is 18.2 Å². The summed E-state index contributed by atoms with van der Waals surface area (Å²) in [6.07, 6.45) is 1.69. The van der Waals surface area contributed by atoms with Gasteiger partial charge < -0.3 is 15.2 Å². The van der Waals surface area contributed by atoms with Crippen molar-refractivity contribution < 1.29 is 19.4 Å². The molecule has 7 heteroatoms. The van der Waals surface area contributed by atoms with Crippen LogP contribution in [0.5, 0.6) is 5.88 Å². The van der Waals surface area contributed by atoms with Gasteiger partial charge in [0.1, 0.15) is 5.69 Å². The molecular weight excluding hydrogens is 352 g/mol. The first kappa shape index (κ1) is 19.8. The Kier molecular flexibility index (Phi) is 7.03. The van der Waals surface area contributed by atoms with E-state index in [1.54, 1.807) is 30.0 Å². The second kappa shape index (κ2) is 9.24. The number of aliphatic carboxylic acids is 1. The summed E-state index contributed by atoms with van der Waals surface area (Å²) >= 11 is 1.59. The van der Waals surface area contributed by atoms with Gasteiger partial charge in [-0.05, 0) is 43.9 Å². The monoisotopic (exact) mass is 374 g/mol. The van der Waals surface area contributed by atoms with E-state index in [1.165, 1.54) is 0 Å². The molecule has 0 aliphatic carbocycles. The summed E-state index contributed by atoms with van der Waals surface area (Å²) in [5, 5.41) is 11.9. The van der Waals surface area contributed by atoms with E-state index in [0.29, 0.717) is 5.88 Å². The minimum atomic E-state index is -0.992. The van der Waals surface area contributed by atoms with Crippen LogP contribution in [-0.4, -0.2) is 34.3 Å². The first-order valence-electron chi connectivity index (χ1n) is 8.19. The number of nitrogens with zero attached hydrogens (tertiary/aromatic N) is 1. The third kappa shape index (κ3) is 5.77. The highest BCUT2D eigenvalue weighted by Crippen LogP contribution is 2.22. The second-order valence-electron chi connectivity index (χ2n) is 5.92. The molecule has 0 aliphatic rings. The maximum absolute atomic E-state index is 12.5. The topological polar surface area (TPSA) is 88.5 Å². The Bertz CT molecular complexity index is 762. The number of amides is 1. The van der Waals surface area contributed by atoms with Crippen molar-refractivity contribution in [3.8, 4) is 5.88 Å². The lowest BCUT2D eigenvalue weighted by Crippen LogP contribution is -2.30. The Morgan fingerprint density at radius 3 is 2.46 bits per heavy atom. The number of carboxylic acids is 1. The summed E-state index contributed by atoms with van der Waals surface area (Å²) in [5.74, 6) is -1.08. The molecule has 0 saturated carbocycles. The van der Waals surface area contributed by atoms with Gasteiger partial charge in [0.05, 0.1) is 18.6 Å². The number of nitrogens with one attached hydrogen (secondary N) is 1. The molecule has 2 aromatic rings. The van der Waals surface area contributed by atoms with Crippen LogP contribution in [0, 0.1) is 0 Å². The summed E-state index contributed by atoms with van der Waals surface area (Å²) in [5.41, 5.74) is 0.910. The molecule has 1 heterocycles. The van der Waals surface area contributed by atoms with Crippen LogP contribution in [0.2, 0.25) is 0 Å². The number of rotatable bonds is 8. The molecule has 1 atom stereocenters. The molecule has 0 fully saturated rings. The zero-order valence-corrected chi connectivity index (χ0v) is 15.7. The number of ether oxygens (including phenoxy) is 1. The smallest absolute Gasteiger partial charge is 0.305 e. The van der Waals surface area contributed by atoms with Gasteiger partial charge in [0.15, 0.2) is 0 Å². The van der Waals surface area contributed by atoms with Crippen molar-refractivity contribution >= 4 is 23.6 Å². The number of hydrogen-bond acceptors (Lipinski definition) is 5. The Balaban J connectivity index is 2.19. The fraction of sp³-hybridized carbons (Fsp3) is 0.316. The zero-order chi connectivity index (χ0) is 19.1. The van der Waals surface area contributed by atoms with Crippen LogP contribution in [-0.2, 0) is 4.79 Å². The van der Waals surface area contributed by atoms with Gasteiger partial charge in [0.25, 0.3) is 5.91 Å². The molecule has 0 spiro atoms. The molecule has 1 unspecified atom stereocenters. The predicted molar refractivity (Wildman–Crippen MR) is 101 cm³/mol. The van der Waals surface area contributed by atoms with Crippen molar-refractivity contribution in [1.82, 2.24) is 10.3 Å². The Morgan fingerprint density at radius 1 is 1.19 bits per heavy atom. The molecule has 2 N–H and O–H groups in total. The van der Waals surface area contributed by atoms with Gasteiger partial charge in [0, 0.05) is 11.0 Å². The van der Waals surface area contributed by atoms with Crippen LogP contribution >= 0.6 is 11.8 Å². The third-order valence-electron chi connectivity index (χ3n) is 3.51. The van der Waals surface area contributed by atoms with E-state index in [4.69, 9.17) is 4.74 Å². The van der Waals surface area contributed by atoms with E-state index < -0.39 is 17.9 Å².